The molecule has 0 radical (unpaired) electrons. The zero-order chi connectivity index (χ0) is 11.6. The molecule has 15 heavy (non-hydrogen) atoms. The molecule has 0 spiro atoms. The van der Waals surface area contributed by atoms with Gasteiger partial charge in [-0.15, -0.1) is 11.3 Å². The Hall–Kier alpha value is -0.880. The van der Waals surface area contributed by atoms with E-state index in [1.165, 1.54) is 11.3 Å². The standard InChI is InChI=1S/C9H13NO3S2/c1-6(2)8-7(4-5-14-8)9(11)10-15(3,12)13/h4-6H,1-3H3,(H,10,11). The quantitative estimate of drug-likeness (QED) is 0.881. The Morgan fingerprint density at radius 2 is 2.07 bits per heavy atom. The first kappa shape index (κ1) is 12.2. The summed E-state index contributed by atoms with van der Waals surface area (Å²) in [6.45, 7) is 3.92. The minimum atomic E-state index is -3.49. The van der Waals surface area contributed by atoms with Crippen molar-refractivity contribution in [3.8, 4) is 0 Å². The van der Waals surface area contributed by atoms with Crippen LogP contribution in [-0.2, 0) is 10.0 Å². The summed E-state index contributed by atoms with van der Waals surface area (Å²) < 4.78 is 23.7. The van der Waals surface area contributed by atoms with Crippen molar-refractivity contribution in [2.75, 3.05) is 6.26 Å². The highest BCUT2D eigenvalue weighted by Gasteiger charge is 2.17. The Kier molecular flexibility index (Phi) is 3.51. The first-order chi connectivity index (χ1) is 6.81. The average molecular weight is 247 g/mol. The Balaban J connectivity index is 2.97. The number of hydrogen-bond donors (Lipinski definition) is 1. The van der Waals surface area contributed by atoms with E-state index in [0.29, 0.717) is 5.56 Å². The Bertz CT molecular complexity index is 459. The van der Waals surface area contributed by atoms with Crippen LogP contribution in [0.1, 0.15) is 35.0 Å². The molecule has 0 aromatic carbocycles. The third-order valence-electron chi connectivity index (χ3n) is 1.74. The molecule has 0 unspecified atom stereocenters. The zero-order valence-corrected chi connectivity index (χ0v) is 10.4. The molecule has 84 valence electrons. The van der Waals surface area contributed by atoms with E-state index >= 15 is 0 Å². The summed E-state index contributed by atoms with van der Waals surface area (Å²) in [6, 6.07) is 1.64. The van der Waals surface area contributed by atoms with Crippen molar-refractivity contribution in [3.63, 3.8) is 0 Å². The summed E-state index contributed by atoms with van der Waals surface area (Å²) in [7, 11) is -3.49. The Morgan fingerprint density at radius 1 is 1.47 bits per heavy atom. The first-order valence-corrected chi connectivity index (χ1v) is 7.18. The highest BCUT2D eigenvalue weighted by molar-refractivity contribution is 7.89. The van der Waals surface area contributed by atoms with Crippen LogP contribution >= 0.6 is 11.3 Å². The predicted molar refractivity (Wildman–Crippen MR) is 60.7 cm³/mol. The zero-order valence-electron chi connectivity index (χ0n) is 8.77. The summed E-state index contributed by atoms with van der Waals surface area (Å²) >= 11 is 1.46. The van der Waals surface area contributed by atoms with Crippen molar-refractivity contribution in [1.29, 1.82) is 0 Å². The lowest BCUT2D eigenvalue weighted by Crippen LogP contribution is -2.29. The highest BCUT2D eigenvalue weighted by Crippen LogP contribution is 2.25. The smallest absolute Gasteiger partial charge is 0.265 e. The normalized spacial score (nSPS) is 11.7. The van der Waals surface area contributed by atoms with Crippen molar-refractivity contribution in [1.82, 2.24) is 4.72 Å². The van der Waals surface area contributed by atoms with Crippen LogP contribution in [0.25, 0.3) is 0 Å². The van der Waals surface area contributed by atoms with Gasteiger partial charge < -0.3 is 0 Å². The number of nitrogens with one attached hydrogen (secondary N) is 1. The van der Waals surface area contributed by atoms with Gasteiger partial charge in [0.05, 0.1) is 11.8 Å². The number of carbonyl (C=O) groups is 1. The fraction of sp³-hybridized carbons (Fsp3) is 0.444. The topological polar surface area (TPSA) is 63.2 Å². The first-order valence-electron chi connectivity index (χ1n) is 4.41. The molecule has 6 heteroatoms. The number of rotatable bonds is 3. The maximum Gasteiger partial charge on any atom is 0.265 e. The molecule has 0 atom stereocenters. The molecule has 0 aliphatic carbocycles. The van der Waals surface area contributed by atoms with Crippen LogP contribution in [0.15, 0.2) is 11.4 Å². The molecule has 1 heterocycles. The molecule has 1 N–H and O–H groups in total. The van der Waals surface area contributed by atoms with Gasteiger partial charge in [-0.05, 0) is 17.4 Å². The average Bonchev–Trinajstić information content (AvgIpc) is 2.47. The second kappa shape index (κ2) is 4.32. The van der Waals surface area contributed by atoms with Crippen LogP contribution < -0.4 is 4.72 Å². The second-order valence-corrected chi connectivity index (χ2v) is 6.25. The Labute approximate surface area is 93.4 Å². The van der Waals surface area contributed by atoms with E-state index in [4.69, 9.17) is 0 Å². The summed E-state index contributed by atoms with van der Waals surface area (Å²) in [6.07, 6.45) is 0.965. The minimum Gasteiger partial charge on any atom is -0.268 e. The highest BCUT2D eigenvalue weighted by atomic mass is 32.2. The lowest BCUT2D eigenvalue weighted by atomic mass is 10.1. The molecular formula is C9H13NO3S2. The van der Waals surface area contributed by atoms with Gasteiger partial charge in [0.25, 0.3) is 5.91 Å². The van der Waals surface area contributed by atoms with Crippen molar-refractivity contribution in [2.24, 2.45) is 0 Å². The monoisotopic (exact) mass is 247 g/mol. The van der Waals surface area contributed by atoms with Crippen LogP contribution in [0.5, 0.6) is 0 Å². The molecule has 1 aromatic heterocycles. The molecule has 1 aromatic rings. The van der Waals surface area contributed by atoms with E-state index in [2.05, 4.69) is 0 Å². The summed E-state index contributed by atoms with van der Waals surface area (Å²) in [5.74, 6) is -0.340. The van der Waals surface area contributed by atoms with Gasteiger partial charge in [0, 0.05) is 4.88 Å². The lowest BCUT2D eigenvalue weighted by molar-refractivity contribution is 0.0981. The fourth-order valence-electron chi connectivity index (χ4n) is 1.18. The van der Waals surface area contributed by atoms with E-state index in [1.807, 2.05) is 18.6 Å². The van der Waals surface area contributed by atoms with Gasteiger partial charge in [-0.2, -0.15) is 0 Å². The predicted octanol–water partition coefficient (Wildman–Crippen LogP) is 1.56. The van der Waals surface area contributed by atoms with Gasteiger partial charge >= 0.3 is 0 Å². The van der Waals surface area contributed by atoms with Gasteiger partial charge in [-0.25, -0.2) is 13.1 Å². The van der Waals surface area contributed by atoms with Crippen molar-refractivity contribution < 1.29 is 13.2 Å². The molecule has 0 fully saturated rings. The molecule has 0 aliphatic rings. The van der Waals surface area contributed by atoms with Gasteiger partial charge in [0.1, 0.15) is 0 Å². The van der Waals surface area contributed by atoms with E-state index in [9.17, 15) is 13.2 Å². The van der Waals surface area contributed by atoms with E-state index in [0.717, 1.165) is 11.1 Å². The molecule has 0 saturated heterocycles. The maximum absolute atomic E-state index is 11.6. The molecule has 1 amide bonds. The van der Waals surface area contributed by atoms with Crippen LogP contribution in [0.2, 0.25) is 0 Å². The third kappa shape index (κ3) is 3.32. The maximum atomic E-state index is 11.6. The van der Waals surface area contributed by atoms with Crippen LogP contribution in [0, 0.1) is 0 Å². The van der Waals surface area contributed by atoms with Crippen LogP contribution in [-0.4, -0.2) is 20.6 Å². The summed E-state index contributed by atoms with van der Waals surface area (Å²) in [4.78, 5) is 12.5. The summed E-state index contributed by atoms with van der Waals surface area (Å²) in [5, 5.41) is 1.78. The van der Waals surface area contributed by atoms with Gasteiger partial charge in [0.2, 0.25) is 10.0 Å². The molecule has 1 rings (SSSR count). The number of thiophene rings is 1. The van der Waals surface area contributed by atoms with Crippen molar-refractivity contribution in [3.05, 3.63) is 21.9 Å². The Morgan fingerprint density at radius 3 is 2.53 bits per heavy atom. The molecular weight excluding hydrogens is 234 g/mol. The SMILES string of the molecule is CC(C)c1sccc1C(=O)NS(C)(=O)=O. The molecule has 4 nitrogen and oxygen atoms in total. The fourth-order valence-corrected chi connectivity index (χ4v) is 2.54. The van der Waals surface area contributed by atoms with E-state index in [-0.39, 0.29) is 5.92 Å². The minimum absolute atomic E-state index is 0.213. The molecule has 0 saturated carbocycles. The van der Waals surface area contributed by atoms with Crippen LogP contribution in [0.4, 0.5) is 0 Å². The molecule has 0 bridgehead atoms. The van der Waals surface area contributed by atoms with Crippen molar-refractivity contribution >= 4 is 27.3 Å². The summed E-state index contributed by atoms with van der Waals surface area (Å²) in [5.41, 5.74) is 0.445. The van der Waals surface area contributed by atoms with E-state index < -0.39 is 15.9 Å². The third-order valence-corrected chi connectivity index (χ3v) is 3.52. The lowest BCUT2D eigenvalue weighted by Gasteiger charge is -2.06. The van der Waals surface area contributed by atoms with Crippen molar-refractivity contribution in [2.45, 2.75) is 19.8 Å². The number of amides is 1. The molecule has 0 aliphatic heterocycles. The van der Waals surface area contributed by atoms with Gasteiger partial charge in [-0.1, -0.05) is 13.8 Å². The number of carbonyl (C=O) groups excluding carboxylic acids is 1. The number of hydrogen-bond acceptors (Lipinski definition) is 4. The van der Waals surface area contributed by atoms with Gasteiger partial charge in [0.15, 0.2) is 0 Å². The van der Waals surface area contributed by atoms with Gasteiger partial charge in [-0.3, -0.25) is 4.79 Å². The number of sulfonamides is 1. The van der Waals surface area contributed by atoms with Crippen LogP contribution in [0.3, 0.4) is 0 Å². The van der Waals surface area contributed by atoms with E-state index in [1.54, 1.807) is 11.4 Å². The second-order valence-electron chi connectivity index (χ2n) is 3.56. The largest absolute Gasteiger partial charge is 0.268 e.